The third kappa shape index (κ3) is 2.88. The molecule has 2 amide bonds. The summed E-state index contributed by atoms with van der Waals surface area (Å²) in [4.78, 5) is 24.8. The molecule has 1 aromatic carbocycles. The van der Waals surface area contributed by atoms with Gasteiger partial charge >= 0.3 is 0 Å². The van der Waals surface area contributed by atoms with E-state index in [2.05, 4.69) is 10.6 Å². The molecule has 3 rings (SSSR count). The van der Waals surface area contributed by atoms with Crippen molar-refractivity contribution in [2.24, 2.45) is 0 Å². The van der Waals surface area contributed by atoms with E-state index in [4.69, 9.17) is 0 Å². The first-order valence-corrected chi connectivity index (χ1v) is 7.37. The molecule has 0 unspecified atom stereocenters. The van der Waals surface area contributed by atoms with E-state index >= 15 is 0 Å². The van der Waals surface area contributed by atoms with Crippen molar-refractivity contribution >= 4 is 28.8 Å². The lowest BCUT2D eigenvalue weighted by Gasteiger charge is -2.10. The van der Waals surface area contributed by atoms with E-state index in [1.807, 2.05) is 11.4 Å². The number of carbonyl (C=O) groups is 2. The van der Waals surface area contributed by atoms with Crippen molar-refractivity contribution in [2.45, 2.75) is 18.9 Å². The van der Waals surface area contributed by atoms with Gasteiger partial charge in [0.15, 0.2) is 0 Å². The van der Waals surface area contributed by atoms with Crippen LogP contribution in [0.15, 0.2) is 41.8 Å². The summed E-state index contributed by atoms with van der Waals surface area (Å²) in [5, 5.41) is 7.58. The molecule has 20 heavy (non-hydrogen) atoms. The Labute approximate surface area is 120 Å². The van der Waals surface area contributed by atoms with E-state index in [1.54, 1.807) is 30.3 Å². The molecular formula is C15H14N2O2S. The zero-order valence-corrected chi connectivity index (χ0v) is 11.6. The molecule has 2 aromatic rings. The smallest absolute Gasteiger partial charge is 0.265 e. The maximum Gasteiger partial charge on any atom is 0.265 e. The number of nitrogens with one attached hydrogen (secondary N) is 2. The van der Waals surface area contributed by atoms with Gasteiger partial charge in [0.25, 0.3) is 11.8 Å². The molecule has 4 nitrogen and oxygen atoms in total. The lowest BCUT2D eigenvalue weighted by molar-refractivity contribution is 0.0952. The Bertz CT molecular complexity index is 633. The Morgan fingerprint density at radius 3 is 2.55 bits per heavy atom. The van der Waals surface area contributed by atoms with E-state index < -0.39 is 0 Å². The van der Waals surface area contributed by atoms with Gasteiger partial charge in [-0.1, -0.05) is 18.2 Å². The van der Waals surface area contributed by atoms with Crippen LogP contribution in [0.2, 0.25) is 0 Å². The Balaban J connectivity index is 1.78. The van der Waals surface area contributed by atoms with Crippen molar-refractivity contribution in [2.75, 3.05) is 5.32 Å². The Morgan fingerprint density at radius 2 is 1.85 bits per heavy atom. The second kappa shape index (κ2) is 5.46. The summed E-state index contributed by atoms with van der Waals surface area (Å²) < 4.78 is 0. The average Bonchev–Trinajstić information content (AvgIpc) is 3.08. The number of hydrogen-bond donors (Lipinski definition) is 2. The largest absolute Gasteiger partial charge is 0.349 e. The monoisotopic (exact) mass is 286 g/mol. The minimum absolute atomic E-state index is 0.130. The van der Waals surface area contributed by atoms with E-state index in [-0.39, 0.29) is 11.8 Å². The number of carbonyl (C=O) groups excluding carboxylic acids is 2. The second-order valence-corrected chi connectivity index (χ2v) is 5.67. The highest BCUT2D eigenvalue weighted by Crippen LogP contribution is 2.22. The third-order valence-electron chi connectivity index (χ3n) is 3.08. The molecule has 0 bridgehead atoms. The highest BCUT2D eigenvalue weighted by Gasteiger charge is 2.25. The number of amides is 2. The van der Waals surface area contributed by atoms with Crippen LogP contribution in [-0.4, -0.2) is 17.9 Å². The van der Waals surface area contributed by atoms with Crippen LogP contribution in [0, 0.1) is 0 Å². The van der Waals surface area contributed by atoms with Crippen LogP contribution in [0.25, 0.3) is 0 Å². The fraction of sp³-hybridized carbons (Fsp3) is 0.200. The molecule has 0 saturated heterocycles. The molecule has 0 radical (unpaired) electrons. The van der Waals surface area contributed by atoms with Gasteiger partial charge in [0.1, 0.15) is 0 Å². The molecule has 2 N–H and O–H groups in total. The number of anilines is 1. The van der Waals surface area contributed by atoms with Gasteiger partial charge in [-0.3, -0.25) is 9.59 Å². The quantitative estimate of drug-likeness (QED) is 0.908. The van der Waals surface area contributed by atoms with Gasteiger partial charge in [-0.25, -0.2) is 0 Å². The summed E-state index contributed by atoms with van der Waals surface area (Å²) in [5.74, 6) is -0.318. The molecule has 1 saturated carbocycles. The summed E-state index contributed by atoms with van der Waals surface area (Å²) >= 11 is 1.37. The van der Waals surface area contributed by atoms with Crippen LogP contribution < -0.4 is 10.6 Å². The van der Waals surface area contributed by atoms with Gasteiger partial charge in [-0.15, -0.1) is 11.3 Å². The lowest BCUT2D eigenvalue weighted by atomic mass is 10.1. The predicted molar refractivity (Wildman–Crippen MR) is 79.2 cm³/mol. The standard InChI is InChI=1S/C15H14N2O2S/c18-14(16-10-7-8-10)11-4-1-2-5-12(11)17-15(19)13-6-3-9-20-13/h1-6,9-10H,7-8H2,(H,16,18)(H,17,19). The summed E-state index contributed by atoms with van der Waals surface area (Å²) in [7, 11) is 0. The number of hydrogen-bond acceptors (Lipinski definition) is 3. The molecule has 1 aliphatic carbocycles. The van der Waals surface area contributed by atoms with E-state index in [1.165, 1.54) is 11.3 Å². The van der Waals surface area contributed by atoms with Crippen LogP contribution in [0.5, 0.6) is 0 Å². The molecule has 1 heterocycles. The zero-order valence-electron chi connectivity index (χ0n) is 10.8. The van der Waals surface area contributed by atoms with E-state index in [0.717, 1.165) is 12.8 Å². The van der Waals surface area contributed by atoms with Crippen molar-refractivity contribution in [1.82, 2.24) is 5.32 Å². The Kier molecular flexibility index (Phi) is 3.52. The van der Waals surface area contributed by atoms with Crippen LogP contribution >= 0.6 is 11.3 Å². The minimum atomic E-state index is -0.188. The first kappa shape index (κ1) is 12.9. The first-order valence-electron chi connectivity index (χ1n) is 6.49. The second-order valence-electron chi connectivity index (χ2n) is 4.72. The lowest BCUT2D eigenvalue weighted by Crippen LogP contribution is -2.26. The first-order chi connectivity index (χ1) is 9.74. The Morgan fingerprint density at radius 1 is 1.05 bits per heavy atom. The molecule has 5 heteroatoms. The van der Waals surface area contributed by atoms with Crippen LogP contribution in [0.4, 0.5) is 5.69 Å². The van der Waals surface area contributed by atoms with Crippen molar-refractivity contribution < 1.29 is 9.59 Å². The van der Waals surface area contributed by atoms with E-state index in [9.17, 15) is 9.59 Å². The highest BCUT2D eigenvalue weighted by atomic mass is 32.1. The van der Waals surface area contributed by atoms with Gasteiger partial charge in [-0.2, -0.15) is 0 Å². The molecule has 0 atom stereocenters. The summed E-state index contributed by atoms with van der Waals surface area (Å²) in [6.07, 6.45) is 2.07. The third-order valence-corrected chi connectivity index (χ3v) is 3.95. The SMILES string of the molecule is O=C(Nc1ccccc1C(=O)NC1CC1)c1cccs1. The van der Waals surface area contributed by atoms with Crippen molar-refractivity contribution in [3.05, 3.63) is 52.2 Å². The van der Waals surface area contributed by atoms with Gasteiger partial charge < -0.3 is 10.6 Å². The molecule has 1 fully saturated rings. The van der Waals surface area contributed by atoms with Gasteiger partial charge in [0, 0.05) is 6.04 Å². The molecule has 0 aliphatic heterocycles. The van der Waals surface area contributed by atoms with Crippen molar-refractivity contribution in [3.63, 3.8) is 0 Å². The minimum Gasteiger partial charge on any atom is -0.349 e. The molecule has 1 aromatic heterocycles. The maximum absolute atomic E-state index is 12.1. The molecule has 102 valence electrons. The summed E-state index contributed by atoms with van der Waals surface area (Å²) in [6.45, 7) is 0. The number of rotatable bonds is 4. The fourth-order valence-corrected chi connectivity index (χ4v) is 2.49. The topological polar surface area (TPSA) is 58.2 Å². The van der Waals surface area contributed by atoms with Crippen molar-refractivity contribution in [1.29, 1.82) is 0 Å². The number of thiophene rings is 1. The fourth-order valence-electron chi connectivity index (χ4n) is 1.87. The van der Waals surface area contributed by atoms with Gasteiger partial charge in [0.05, 0.1) is 16.1 Å². The Hall–Kier alpha value is -2.14. The number of benzene rings is 1. The highest BCUT2D eigenvalue weighted by molar-refractivity contribution is 7.12. The molecule has 0 spiro atoms. The predicted octanol–water partition coefficient (Wildman–Crippen LogP) is 2.89. The van der Waals surface area contributed by atoms with Crippen LogP contribution in [0.3, 0.4) is 0 Å². The average molecular weight is 286 g/mol. The molecule has 1 aliphatic rings. The summed E-state index contributed by atoms with van der Waals surface area (Å²) in [5.41, 5.74) is 1.05. The van der Waals surface area contributed by atoms with Crippen LogP contribution in [0.1, 0.15) is 32.9 Å². The van der Waals surface area contributed by atoms with Crippen LogP contribution in [-0.2, 0) is 0 Å². The van der Waals surface area contributed by atoms with Crippen molar-refractivity contribution in [3.8, 4) is 0 Å². The van der Waals surface area contributed by atoms with Gasteiger partial charge in [0.2, 0.25) is 0 Å². The number of para-hydroxylation sites is 1. The zero-order chi connectivity index (χ0) is 13.9. The van der Waals surface area contributed by atoms with Gasteiger partial charge in [-0.05, 0) is 36.4 Å². The van der Waals surface area contributed by atoms with E-state index in [0.29, 0.717) is 22.2 Å². The summed E-state index contributed by atoms with van der Waals surface area (Å²) in [6, 6.07) is 10.9. The maximum atomic E-state index is 12.1. The normalized spacial score (nSPS) is 13.8. The molecular weight excluding hydrogens is 272 g/mol.